The Balaban J connectivity index is 1.74. The lowest BCUT2D eigenvalue weighted by atomic mass is 10.2. The lowest BCUT2D eigenvalue weighted by Gasteiger charge is -2.23. The lowest BCUT2D eigenvalue weighted by molar-refractivity contribution is -0.132. The molecule has 1 aromatic rings. The highest BCUT2D eigenvalue weighted by Crippen LogP contribution is 2.22. The van der Waals surface area contributed by atoms with Crippen LogP contribution in [0.5, 0.6) is 5.75 Å². The van der Waals surface area contributed by atoms with Gasteiger partial charge in [-0.05, 0) is 24.3 Å². The van der Waals surface area contributed by atoms with E-state index in [1.165, 1.54) is 0 Å². The van der Waals surface area contributed by atoms with Gasteiger partial charge in [-0.2, -0.15) is 11.8 Å². The first-order valence-corrected chi connectivity index (χ1v) is 7.64. The number of nitrogens with zero attached hydrogens (tertiary/aromatic N) is 1. The van der Waals surface area contributed by atoms with Crippen LogP contribution in [0.4, 0.5) is 5.69 Å². The van der Waals surface area contributed by atoms with Gasteiger partial charge in [0.1, 0.15) is 5.75 Å². The Morgan fingerprint density at radius 3 is 3.11 bits per heavy atom. The van der Waals surface area contributed by atoms with Crippen molar-refractivity contribution in [2.24, 2.45) is 0 Å². The van der Waals surface area contributed by atoms with Crippen LogP contribution in [0.15, 0.2) is 24.3 Å². The molecule has 0 aromatic heterocycles. The third-order valence-corrected chi connectivity index (χ3v) is 4.43. The number of hydrogen-bond donors (Lipinski definition) is 1. The quantitative estimate of drug-likeness (QED) is 0.838. The summed E-state index contributed by atoms with van der Waals surface area (Å²) >= 11 is 1.91. The van der Waals surface area contributed by atoms with Crippen molar-refractivity contribution >= 4 is 23.4 Å². The number of rotatable bonds is 5. The number of benzene rings is 1. The van der Waals surface area contributed by atoms with Gasteiger partial charge in [-0.25, -0.2) is 0 Å². The maximum atomic E-state index is 12.0. The van der Waals surface area contributed by atoms with Gasteiger partial charge in [0.25, 0.3) is 0 Å². The van der Waals surface area contributed by atoms with Crippen molar-refractivity contribution in [2.45, 2.75) is 18.9 Å². The molecule has 1 aliphatic rings. The zero-order valence-electron chi connectivity index (χ0n) is 11.2. The van der Waals surface area contributed by atoms with Crippen LogP contribution in [0.3, 0.4) is 0 Å². The number of thioether (sulfide) groups is 1. The van der Waals surface area contributed by atoms with Crippen molar-refractivity contribution in [1.82, 2.24) is 4.90 Å². The number of carbonyl (C=O) groups is 1. The number of carbonyl (C=O) groups excluding carboxylic acids is 1. The van der Waals surface area contributed by atoms with E-state index >= 15 is 0 Å². The minimum Gasteiger partial charge on any atom is -0.493 e. The summed E-state index contributed by atoms with van der Waals surface area (Å²) in [7, 11) is 1.89. The maximum absolute atomic E-state index is 12.0. The van der Waals surface area contributed by atoms with Crippen LogP contribution < -0.4 is 10.5 Å². The van der Waals surface area contributed by atoms with E-state index in [1.807, 2.05) is 41.9 Å². The van der Waals surface area contributed by atoms with E-state index in [0.29, 0.717) is 30.5 Å². The van der Waals surface area contributed by atoms with E-state index in [-0.39, 0.29) is 5.91 Å². The van der Waals surface area contributed by atoms with Crippen LogP contribution in [0, 0.1) is 0 Å². The molecular weight excluding hydrogens is 260 g/mol. The fourth-order valence-corrected chi connectivity index (χ4v) is 3.34. The largest absolute Gasteiger partial charge is 0.493 e. The molecule has 104 valence electrons. The summed E-state index contributed by atoms with van der Waals surface area (Å²) in [5, 5.41) is 0. The summed E-state index contributed by atoms with van der Waals surface area (Å²) in [5.74, 6) is 3.07. The van der Waals surface area contributed by atoms with E-state index < -0.39 is 0 Å². The predicted octanol–water partition coefficient (Wildman–Crippen LogP) is 2.00. The fraction of sp³-hybridized carbons (Fsp3) is 0.500. The summed E-state index contributed by atoms with van der Waals surface area (Å²) in [6, 6.07) is 7.66. The van der Waals surface area contributed by atoms with Gasteiger partial charge in [0.2, 0.25) is 5.91 Å². The highest BCUT2D eigenvalue weighted by molar-refractivity contribution is 7.99. The van der Waals surface area contributed by atoms with E-state index in [4.69, 9.17) is 10.5 Å². The first-order chi connectivity index (χ1) is 9.16. The van der Waals surface area contributed by atoms with Gasteiger partial charge in [0.15, 0.2) is 0 Å². The first kappa shape index (κ1) is 14.1. The molecule has 1 aliphatic heterocycles. The van der Waals surface area contributed by atoms with Crippen LogP contribution in [0.25, 0.3) is 0 Å². The molecule has 0 radical (unpaired) electrons. The molecule has 1 aromatic carbocycles. The standard InChI is InChI=1S/C14H20N2O2S/c1-16(12-6-8-19-10-12)14(17)5-7-18-13-4-2-3-11(15)9-13/h2-4,9,12H,5-8,10,15H2,1H3. The molecule has 2 N–H and O–H groups in total. The fourth-order valence-electron chi connectivity index (χ4n) is 2.07. The number of anilines is 1. The second kappa shape index (κ2) is 6.70. The smallest absolute Gasteiger partial charge is 0.226 e. The Morgan fingerprint density at radius 1 is 1.58 bits per heavy atom. The Morgan fingerprint density at radius 2 is 2.42 bits per heavy atom. The second-order valence-corrected chi connectivity index (χ2v) is 5.84. The van der Waals surface area contributed by atoms with Crippen LogP contribution >= 0.6 is 11.8 Å². The molecule has 4 nitrogen and oxygen atoms in total. The van der Waals surface area contributed by atoms with Gasteiger partial charge < -0.3 is 15.4 Å². The predicted molar refractivity (Wildman–Crippen MR) is 79.5 cm³/mol. The summed E-state index contributed by atoms with van der Waals surface area (Å²) in [4.78, 5) is 13.9. The zero-order chi connectivity index (χ0) is 13.7. The minimum absolute atomic E-state index is 0.149. The third-order valence-electron chi connectivity index (χ3n) is 3.29. The summed E-state index contributed by atoms with van der Waals surface area (Å²) in [6.45, 7) is 0.395. The molecule has 0 spiro atoms. The Bertz CT molecular complexity index is 433. The number of nitrogen functional groups attached to an aromatic ring is 1. The van der Waals surface area contributed by atoms with Crippen molar-refractivity contribution < 1.29 is 9.53 Å². The van der Waals surface area contributed by atoms with Crippen molar-refractivity contribution in [3.05, 3.63) is 24.3 Å². The SMILES string of the molecule is CN(C(=O)CCOc1cccc(N)c1)C1CCSC1. The van der Waals surface area contributed by atoms with E-state index in [2.05, 4.69) is 0 Å². The third kappa shape index (κ3) is 4.06. The molecule has 2 rings (SSSR count). The molecule has 1 saturated heterocycles. The van der Waals surface area contributed by atoms with Gasteiger partial charge in [-0.3, -0.25) is 4.79 Å². The van der Waals surface area contributed by atoms with Crippen molar-refractivity contribution in [3.63, 3.8) is 0 Å². The summed E-state index contributed by atoms with van der Waals surface area (Å²) in [5.41, 5.74) is 6.33. The summed E-state index contributed by atoms with van der Waals surface area (Å²) in [6.07, 6.45) is 1.51. The molecule has 1 atom stereocenters. The van der Waals surface area contributed by atoms with Crippen LogP contribution in [0.1, 0.15) is 12.8 Å². The van der Waals surface area contributed by atoms with Gasteiger partial charge >= 0.3 is 0 Å². The van der Waals surface area contributed by atoms with Gasteiger partial charge in [-0.1, -0.05) is 6.07 Å². The van der Waals surface area contributed by atoms with Crippen molar-refractivity contribution in [3.8, 4) is 5.75 Å². The molecule has 0 aliphatic carbocycles. The van der Waals surface area contributed by atoms with Gasteiger partial charge in [0.05, 0.1) is 13.0 Å². The van der Waals surface area contributed by atoms with E-state index in [0.717, 1.165) is 17.9 Å². The van der Waals surface area contributed by atoms with Crippen LogP contribution in [-0.2, 0) is 4.79 Å². The Labute approximate surface area is 118 Å². The van der Waals surface area contributed by atoms with E-state index in [1.54, 1.807) is 6.07 Å². The molecule has 0 bridgehead atoms. The molecule has 0 saturated carbocycles. The monoisotopic (exact) mass is 280 g/mol. The number of nitrogens with two attached hydrogens (primary N) is 1. The van der Waals surface area contributed by atoms with Gasteiger partial charge in [0, 0.05) is 30.6 Å². The van der Waals surface area contributed by atoms with Crippen molar-refractivity contribution in [1.29, 1.82) is 0 Å². The highest BCUT2D eigenvalue weighted by Gasteiger charge is 2.23. The van der Waals surface area contributed by atoms with Crippen LogP contribution in [-0.4, -0.2) is 42.0 Å². The molecule has 1 heterocycles. The average Bonchev–Trinajstić information content (AvgIpc) is 2.91. The normalized spacial score (nSPS) is 18.3. The number of hydrogen-bond acceptors (Lipinski definition) is 4. The number of ether oxygens (including phenoxy) is 1. The molecular formula is C14H20N2O2S. The molecule has 5 heteroatoms. The Hall–Kier alpha value is -1.36. The van der Waals surface area contributed by atoms with E-state index in [9.17, 15) is 4.79 Å². The maximum Gasteiger partial charge on any atom is 0.226 e. The first-order valence-electron chi connectivity index (χ1n) is 6.48. The molecule has 1 fully saturated rings. The molecule has 1 unspecified atom stereocenters. The van der Waals surface area contributed by atoms with Gasteiger partial charge in [-0.15, -0.1) is 0 Å². The molecule has 1 amide bonds. The second-order valence-electron chi connectivity index (χ2n) is 4.69. The lowest BCUT2D eigenvalue weighted by Crippen LogP contribution is -2.37. The molecule has 19 heavy (non-hydrogen) atoms. The Kier molecular flexibility index (Phi) is 4.96. The zero-order valence-corrected chi connectivity index (χ0v) is 12.0. The highest BCUT2D eigenvalue weighted by atomic mass is 32.2. The topological polar surface area (TPSA) is 55.6 Å². The number of amides is 1. The van der Waals surface area contributed by atoms with Crippen LogP contribution in [0.2, 0.25) is 0 Å². The minimum atomic E-state index is 0.149. The average molecular weight is 280 g/mol. The van der Waals surface area contributed by atoms with Crippen molar-refractivity contribution in [2.75, 3.05) is 30.9 Å². The summed E-state index contributed by atoms with van der Waals surface area (Å²) < 4.78 is 5.54.